The van der Waals surface area contributed by atoms with Crippen molar-refractivity contribution in [3.8, 4) is 0 Å². The number of rotatable bonds is 8. The van der Waals surface area contributed by atoms with E-state index in [2.05, 4.69) is 0 Å². The molecule has 2 aromatic carbocycles. The maximum Gasteiger partial charge on any atom is 0.376 e. The number of hydroxylamine groups is 2. The Labute approximate surface area is 233 Å². The number of ether oxygens (including phenoxy) is 2. The van der Waals surface area contributed by atoms with Crippen LogP contribution in [0.15, 0.2) is 70.6 Å². The van der Waals surface area contributed by atoms with Crippen LogP contribution in [0.3, 0.4) is 0 Å². The highest BCUT2D eigenvalue weighted by atomic mass is 35.5. The molecule has 0 saturated carbocycles. The van der Waals surface area contributed by atoms with Crippen LogP contribution < -0.4 is 0 Å². The molecule has 0 bridgehead atoms. The molecule has 0 N–H and O–H groups in total. The highest BCUT2D eigenvalue weighted by Crippen LogP contribution is 2.38. The fourth-order valence-electron chi connectivity index (χ4n) is 4.33. The SMILES string of the molecule is CC(=O)N(C1CON(C2(C(=O)OC(c3ccccc3)c3ccccc3)CCC(=O)O2)C1=O)S(=O)(=O)C=C(Cl)Cl. The van der Waals surface area contributed by atoms with Gasteiger partial charge in [-0.05, 0) is 11.1 Å². The monoisotopic (exact) mass is 596 g/mol. The predicted molar refractivity (Wildman–Crippen MR) is 137 cm³/mol. The van der Waals surface area contributed by atoms with Gasteiger partial charge in [-0.15, -0.1) is 0 Å². The third-order valence-electron chi connectivity index (χ3n) is 5.98. The van der Waals surface area contributed by atoms with Gasteiger partial charge in [0.1, 0.15) is 11.1 Å². The summed E-state index contributed by atoms with van der Waals surface area (Å²) in [5, 5.41) is 0.854. The Hall–Kier alpha value is -3.45. The van der Waals surface area contributed by atoms with Crippen LogP contribution in [-0.2, 0) is 43.5 Å². The summed E-state index contributed by atoms with van der Waals surface area (Å²) in [4.78, 5) is 57.1. The second kappa shape index (κ2) is 11.3. The summed E-state index contributed by atoms with van der Waals surface area (Å²) < 4.78 is 36.2. The molecule has 14 heteroatoms. The number of sulfonamides is 1. The minimum atomic E-state index is -4.62. The molecule has 39 heavy (non-hydrogen) atoms. The smallest absolute Gasteiger partial charge is 0.376 e. The number of halogens is 2. The van der Waals surface area contributed by atoms with Gasteiger partial charge in [0.25, 0.3) is 15.9 Å². The van der Waals surface area contributed by atoms with Crippen molar-refractivity contribution in [1.82, 2.24) is 9.37 Å². The second-order valence-electron chi connectivity index (χ2n) is 8.58. The van der Waals surface area contributed by atoms with Crippen molar-refractivity contribution in [3.63, 3.8) is 0 Å². The average molecular weight is 597 g/mol. The second-order valence-corrected chi connectivity index (χ2v) is 11.2. The number of benzene rings is 2. The number of esters is 2. The molecule has 11 nitrogen and oxygen atoms in total. The van der Waals surface area contributed by atoms with Crippen molar-refractivity contribution in [1.29, 1.82) is 0 Å². The largest absolute Gasteiger partial charge is 0.448 e. The Bertz CT molecular complexity index is 1380. The number of carbonyl (C=O) groups is 4. The first-order chi connectivity index (χ1) is 18.5. The maximum atomic E-state index is 13.7. The molecule has 2 aromatic rings. The van der Waals surface area contributed by atoms with E-state index in [-0.39, 0.29) is 17.1 Å². The van der Waals surface area contributed by atoms with Crippen LogP contribution in [-0.4, -0.2) is 59.9 Å². The van der Waals surface area contributed by atoms with Gasteiger partial charge >= 0.3 is 17.7 Å². The third kappa shape index (κ3) is 5.78. The van der Waals surface area contributed by atoms with Gasteiger partial charge in [-0.3, -0.25) is 19.2 Å². The number of nitrogens with zero attached hydrogens (tertiary/aromatic N) is 2. The predicted octanol–water partition coefficient (Wildman–Crippen LogP) is 2.95. The van der Waals surface area contributed by atoms with Gasteiger partial charge in [0, 0.05) is 13.3 Å². The topological polar surface area (TPSA) is 137 Å². The van der Waals surface area contributed by atoms with Crippen molar-refractivity contribution >= 4 is 57.0 Å². The molecule has 2 atom stereocenters. The average Bonchev–Trinajstić information content (AvgIpc) is 3.45. The van der Waals surface area contributed by atoms with E-state index in [0.29, 0.717) is 21.6 Å². The lowest BCUT2D eigenvalue weighted by molar-refractivity contribution is -0.260. The number of hydrogen-bond donors (Lipinski definition) is 0. The summed E-state index contributed by atoms with van der Waals surface area (Å²) in [5.41, 5.74) is -1.17. The minimum absolute atomic E-state index is 0.229. The first-order valence-corrected chi connectivity index (χ1v) is 13.8. The lowest BCUT2D eigenvalue weighted by Crippen LogP contribution is -2.58. The molecule has 0 aromatic heterocycles. The van der Waals surface area contributed by atoms with E-state index in [1.807, 2.05) is 0 Å². The van der Waals surface area contributed by atoms with E-state index in [9.17, 15) is 27.6 Å². The number of amides is 2. The molecule has 0 aliphatic carbocycles. The molecule has 0 radical (unpaired) electrons. The molecule has 2 fully saturated rings. The summed E-state index contributed by atoms with van der Waals surface area (Å²) in [6, 6.07) is 15.8. The lowest BCUT2D eigenvalue weighted by Gasteiger charge is -2.34. The van der Waals surface area contributed by atoms with Crippen LogP contribution in [0.2, 0.25) is 0 Å². The zero-order valence-electron chi connectivity index (χ0n) is 20.4. The number of carbonyl (C=O) groups excluding carboxylic acids is 4. The van der Waals surface area contributed by atoms with Crippen molar-refractivity contribution in [2.75, 3.05) is 6.61 Å². The number of hydrogen-bond acceptors (Lipinski definition) is 9. The van der Waals surface area contributed by atoms with E-state index in [4.69, 9.17) is 37.5 Å². The molecule has 2 heterocycles. The Balaban J connectivity index is 1.69. The van der Waals surface area contributed by atoms with Gasteiger partial charge in [0.05, 0.1) is 11.8 Å². The fourth-order valence-corrected chi connectivity index (χ4v) is 6.20. The maximum absolute atomic E-state index is 13.7. The Morgan fingerprint density at radius 3 is 2.10 bits per heavy atom. The highest BCUT2D eigenvalue weighted by molar-refractivity contribution is 7.92. The van der Waals surface area contributed by atoms with E-state index in [0.717, 1.165) is 6.92 Å². The van der Waals surface area contributed by atoms with E-state index < -0.39 is 62.7 Å². The van der Waals surface area contributed by atoms with Crippen molar-refractivity contribution in [2.24, 2.45) is 0 Å². The van der Waals surface area contributed by atoms with Crippen LogP contribution >= 0.6 is 23.2 Å². The van der Waals surface area contributed by atoms with Crippen LogP contribution in [0.25, 0.3) is 0 Å². The molecule has 2 saturated heterocycles. The first-order valence-electron chi connectivity index (χ1n) is 11.5. The van der Waals surface area contributed by atoms with Crippen LogP contribution in [0.5, 0.6) is 0 Å². The highest BCUT2D eigenvalue weighted by Gasteiger charge is 2.61. The normalized spacial score (nSPS) is 21.0. The molecule has 2 aliphatic heterocycles. The first kappa shape index (κ1) is 28.6. The molecule has 206 valence electrons. The Morgan fingerprint density at radius 1 is 1.08 bits per heavy atom. The third-order valence-corrected chi connectivity index (χ3v) is 8.05. The standard InChI is InChI=1S/C25H22Cl2N2O9S/c1-16(30)28(39(34,35)15-20(26)27)19-14-36-29(23(19)32)25(13-12-21(31)38-25)24(33)37-22(17-8-4-2-5-9-17)18-10-6-3-7-11-18/h2-11,15,19,22H,12-14H2,1H3. The Morgan fingerprint density at radius 2 is 1.64 bits per heavy atom. The Kier molecular flexibility index (Phi) is 8.31. The number of cyclic esters (lactones) is 1. The minimum Gasteiger partial charge on any atom is -0.448 e. The van der Waals surface area contributed by atoms with Crippen LogP contribution in [0, 0.1) is 0 Å². The molecule has 0 spiro atoms. The molecule has 4 rings (SSSR count). The summed E-state index contributed by atoms with van der Waals surface area (Å²) in [5.74, 6) is -4.11. The van der Waals surface area contributed by atoms with Gasteiger partial charge < -0.3 is 9.47 Å². The van der Waals surface area contributed by atoms with Gasteiger partial charge in [-0.1, -0.05) is 83.9 Å². The van der Waals surface area contributed by atoms with E-state index in [1.165, 1.54) is 0 Å². The fraction of sp³-hybridized carbons (Fsp3) is 0.280. The molecule has 2 aliphatic rings. The molecule has 2 unspecified atom stereocenters. The van der Waals surface area contributed by atoms with Crippen molar-refractivity contribution in [3.05, 3.63) is 81.7 Å². The van der Waals surface area contributed by atoms with E-state index in [1.54, 1.807) is 60.7 Å². The summed E-state index contributed by atoms with van der Waals surface area (Å²) >= 11 is 11.0. The summed E-state index contributed by atoms with van der Waals surface area (Å²) in [6.45, 7) is 0.242. The van der Waals surface area contributed by atoms with E-state index >= 15 is 0 Å². The zero-order chi connectivity index (χ0) is 28.4. The van der Waals surface area contributed by atoms with Crippen molar-refractivity contribution < 1.29 is 41.9 Å². The molecular weight excluding hydrogens is 575 g/mol. The molecular formula is C25H22Cl2N2O9S. The van der Waals surface area contributed by atoms with Crippen LogP contribution in [0.1, 0.15) is 37.0 Å². The van der Waals surface area contributed by atoms with Gasteiger partial charge in [0.2, 0.25) is 5.91 Å². The van der Waals surface area contributed by atoms with Crippen LogP contribution in [0.4, 0.5) is 0 Å². The van der Waals surface area contributed by atoms with Gasteiger partial charge in [-0.2, -0.15) is 5.06 Å². The van der Waals surface area contributed by atoms with Gasteiger partial charge in [-0.25, -0.2) is 17.5 Å². The quantitative estimate of drug-likeness (QED) is 0.421. The lowest BCUT2D eigenvalue weighted by atomic mass is 10.0. The summed E-state index contributed by atoms with van der Waals surface area (Å²) in [7, 11) is -4.62. The molecule has 2 amide bonds. The zero-order valence-corrected chi connectivity index (χ0v) is 22.7. The summed E-state index contributed by atoms with van der Waals surface area (Å²) in [6.07, 6.45) is -1.54. The van der Waals surface area contributed by atoms with Gasteiger partial charge in [0.15, 0.2) is 12.1 Å². The van der Waals surface area contributed by atoms with Crippen molar-refractivity contribution in [2.45, 2.75) is 37.6 Å².